The maximum atomic E-state index is 14.9. The van der Waals surface area contributed by atoms with Gasteiger partial charge in [0.15, 0.2) is 23.0 Å². The lowest BCUT2D eigenvalue weighted by atomic mass is 9.99. The van der Waals surface area contributed by atoms with E-state index < -0.39 is 17.5 Å². The van der Waals surface area contributed by atoms with Gasteiger partial charge in [-0.2, -0.15) is 13.2 Å². The molecule has 0 N–H and O–H groups in total. The van der Waals surface area contributed by atoms with Gasteiger partial charge in [0.1, 0.15) is 6.61 Å². The highest BCUT2D eigenvalue weighted by Crippen LogP contribution is 2.44. The minimum absolute atomic E-state index is 0.0560. The molecule has 1 aliphatic heterocycles. The molecule has 2 aromatic rings. The molecule has 1 heterocycles. The third kappa shape index (κ3) is 4.37. The number of hydrogen-bond donors (Lipinski definition) is 0. The molecule has 0 spiro atoms. The van der Waals surface area contributed by atoms with Crippen molar-refractivity contribution in [3.8, 4) is 23.0 Å². The minimum Gasteiger partial charge on any atom is -0.491 e. The van der Waals surface area contributed by atoms with Gasteiger partial charge in [-0.05, 0) is 31.1 Å². The first-order valence-electron chi connectivity index (χ1n) is 9.65. The Morgan fingerprint density at radius 1 is 0.933 bits per heavy atom. The van der Waals surface area contributed by atoms with Crippen LogP contribution < -0.4 is 14.2 Å². The Bertz CT molecular complexity index is 1030. The molecule has 0 saturated carbocycles. The van der Waals surface area contributed by atoms with Gasteiger partial charge >= 0.3 is 0 Å². The summed E-state index contributed by atoms with van der Waals surface area (Å²) in [6, 6.07) is 4.49. The van der Waals surface area contributed by atoms with Crippen LogP contribution >= 0.6 is 0 Å². The molecule has 0 radical (unpaired) electrons. The molecule has 0 atom stereocenters. The lowest BCUT2D eigenvalue weighted by Crippen LogP contribution is -2.10. The van der Waals surface area contributed by atoms with Gasteiger partial charge in [0.2, 0.25) is 17.5 Å². The standard InChI is InChI=1S/C24H23F3O3/c1-5-14(3)7-8-15(4)13-29-18-10-9-16-11-17-12-19(28-6-2)20(25)22(27)24(17)30-23(16)21(18)26/h7-10,12H,3-6,11,13H2,1-2H3/b8-7-. The molecular formula is C24H23F3O3. The molecule has 1 aliphatic rings. The Morgan fingerprint density at radius 3 is 2.33 bits per heavy atom. The monoisotopic (exact) mass is 416 g/mol. The first-order chi connectivity index (χ1) is 14.3. The van der Waals surface area contributed by atoms with Crippen LogP contribution in [0, 0.1) is 17.5 Å². The van der Waals surface area contributed by atoms with E-state index in [4.69, 9.17) is 14.2 Å². The van der Waals surface area contributed by atoms with E-state index in [0.717, 1.165) is 12.0 Å². The van der Waals surface area contributed by atoms with E-state index in [2.05, 4.69) is 13.2 Å². The third-order valence-electron chi connectivity index (χ3n) is 4.66. The number of halogens is 3. The molecule has 0 aliphatic carbocycles. The summed E-state index contributed by atoms with van der Waals surface area (Å²) in [5.74, 6) is -3.92. The molecule has 3 rings (SSSR count). The summed E-state index contributed by atoms with van der Waals surface area (Å²) in [6.07, 6.45) is 4.56. The molecule has 0 unspecified atom stereocenters. The summed E-state index contributed by atoms with van der Waals surface area (Å²) in [5, 5.41) is 0. The highest BCUT2D eigenvalue weighted by atomic mass is 19.2. The summed E-state index contributed by atoms with van der Waals surface area (Å²) in [6.45, 7) is 11.6. The Kier molecular flexibility index (Phi) is 6.55. The highest BCUT2D eigenvalue weighted by molar-refractivity contribution is 5.55. The zero-order chi connectivity index (χ0) is 21.8. The Balaban J connectivity index is 1.81. The van der Waals surface area contributed by atoms with Crippen LogP contribution in [0.4, 0.5) is 13.2 Å². The van der Waals surface area contributed by atoms with E-state index in [-0.39, 0.29) is 42.6 Å². The van der Waals surface area contributed by atoms with Crippen LogP contribution in [0.15, 0.2) is 54.7 Å². The van der Waals surface area contributed by atoms with Crippen LogP contribution in [0.5, 0.6) is 23.0 Å². The van der Waals surface area contributed by atoms with Crippen LogP contribution in [-0.4, -0.2) is 13.2 Å². The maximum absolute atomic E-state index is 14.9. The zero-order valence-electron chi connectivity index (χ0n) is 17.0. The van der Waals surface area contributed by atoms with Crippen LogP contribution in [0.25, 0.3) is 0 Å². The van der Waals surface area contributed by atoms with Crippen LogP contribution in [0.1, 0.15) is 31.4 Å². The van der Waals surface area contributed by atoms with Gasteiger partial charge < -0.3 is 14.2 Å². The van der Waals surface area contributed by atoms with Crippen molar-refractivity contribution in [3.63, 3.8) is 0 Å². The summed E-state index contributed by atoms with van der Waals surface area (Å²) in [5.41, 5.74) is 2.45. The fourth-order valence-electron chi connectivity index (χ4n) is 2.96. The lowest BCUT2D eigenvalue weighted by Gasteiger charge is -2.23. The summed E-state index contributed by atoms with van der Waals surface area (Å²) in [7, 11) is 0. The average Bonchev–Trinajstić information content (AvgIpc) is 2.74. The average molecular weight is 416 g/mol. The smallest absolute Gasteiger partial charge is 0.207 e. The van der Waals surface area contributed by atoms with Gasteiger partial charge in [-0.3, -0.25) is 0 Å². The van der Waals surface area contributed by atoms with E-state index in [1.807, 2.05) is 13.0 Å². The Morgan fingerprint density at radius 2 is 1.63 bits per heavy atom. The zero-order valence-corrected chi connectivity index (χ0v) is 17.0. The quantitative estimate of drug-likeness (QED) is 0.385. The number of allylic oxidation sites excluding steroid dienone is 2. The normalized spacial score (nSPS) is 12.2. The Labute approximate surface area is 174 Å². The number of hydrogen-bond acceptors (Lipinski definition) is 3. The van der Waals surface area contributed by atoms with Gasteiger partial charge in [-0.1, -0.05) is 43.9 Å². The molecule has 2 aromatic carbocycles. The van der Waals surface area contributed by atoms with Crippen molar-refractivity contribution in [1.82, 2.24) is 0 Å². The van der Waals surface area contributed by atoms with Crippen LogP contribution in [0.3, 0.4) is 0 Å². The molecule has 30 heavy (non-hydrogen) atoms. The molecular weight excluding hydrogens is 393 g/mol. The van der Waals surface area contributed by atoms with Crippen molar-refractivity contribution in [2.45, 2.75) is 26.7 Å². The predicted molar refractivity (Wildman–Crippen MR) is 110 cm³/mol. The molecule has 0 aromatic heterocycles. The fraction of sp³-hybridized carbons (Fsp3) is 0.250. The fourth-order valence-corrected chi connectivity index (χ4v) is 2.96. The van der Waals surface area contributed by atoms with Crippen LogP contribution in [0.2, 0.25) is 0 Å². The summed E-state index contributed by atoms with van der Waals surface area (Å²) < 4.78 is 59.6. The van der Waals surface area contributed by atoms with Crippen molar-refractivity contribution >= 4 is 0 Å². The topological polar surface area (TPSA) is 27.7 Å². The first kappa shape index (κ1) is 21.6. The van der Waals surface area contributed by atoms with Crippen molar-refractivity contribution < 1.29 is 27.4 Å². The Hall–Kier alpha value is -3.15. The van der Waals surface area contributed by atoms with Crippen molar-refractivity contribution in [3.05, 3.63) is 83.2 Å². The molecule has 0 amide bonds. The van der Waals surface area contributed by atoms with E-state index >= 15 is 0 Å². The van der Waals surface area contributed by atoms with Gasteiger partial charge in [0.25, 0.3) is 0 Å². The SMILES string of the molecule is C=C(/C=C\C(=C)COc1ccc2c(c1F)Oc1c(cc(OCC)c(F)c1F)C2)CC. The predicted octanol–water partition coefficient (Wildman–Crippen LogP) is 6.66. The van der Waals surface area contributed by atoms with Crippen LogP contribution in [-0.2, 0) is 6.42 Å². The number of rotatable bonds is 8. The highest BCUT2D eigenvalue weighted by Gasteiger charge is 2.29. The van der Waals surface area contributed by atoms with Crippen molar-refractivity contribution in [2.75, 3.05) is 13.2 Å². The molecule has 158 valence electrons. The molecule has 6 heteroatoms. The summed E-state index contributed by atoms with van der Waals surface area (Å²) >= 11 is 0. The third-order valence-corrected chi connectivity index (χ3v) is 4.66. The number of ether oxygens (including phenoxy) is 3. The van der Waals surface area contributed by atoms with Gasteiger partial charge in [-0.25, -0.2) is 0 Å². The second kappa shape index (κ2) is 9.11. The van der Waals surface area contributed by atoms with E-state index in [1.54, 1.807) is 19.1 Å². The first-order valence-corrected chi connectivity index (χ1v) is 9.65. The lowest BCUT2D eigenvalue weighted by molar-refractivity contribution is 0.302. The van der Waals surface area contributed by atoms with E-state index in [9.17, 15) is 13.2 Å². The number of fused-ring (bicyclic) bond motifs is 2. The largest absolute Gasteiger partial charge is 0.491 e. The van der Waals surface area contributed by atoms with Gasteiger partial charge in [0, 0.05) is 17.5 Å². The minimum atomic E-state index is -1.21. The molecule has 0 saturated heterocycles. The van der Waals surface area contributed by atoms with E-state index in [0.29, 0.717) is 16.7 Å². The second-order valence-corrected chi connectivity index (χ2v) is 6.86. The molecule has 0 fully saturated rings. The second-order valence-electron chi connectivity index (χ2n) is 6.86. The van der Waals surface area contributed by atoms with E-state index in [1.165, 1.54) is 12.1 Å². The molecule has 0 bridgehead atoms. The van der Waals surface area contributed by atoms with Gasteiger partial charge in [-0.15, -0.1) is 0 Å². The van der Waals surface area contributed by atoms with Crippen molar-refractivity contribution in [1.29, 1.82) is 0 Å². The van der Waals surface area contributed by atoms with Gasteiger partial charge in [0.05, 0.1) is 6.61 Å². The summed E-state index contributed by atoms with van der Waals surface area (Å²) in [4.78, 5) is 0. The molecule has 3 nitrogen and oxygen atoms in total. The number of benzene rings is 2. The maximum Gasteiger partial charge on any atom is 0.207 e. The van der Waals surface area contributed by atoms with Crippen molar-refractivity contribution in [2.24, 2.45) is 0 Å².